The van der Waals surface area contributed by atoms with Crippen LogP contribution in [0.5, 0.6) is 0 Å². The van der Waals surface area contributed by atoms with Gasteiger partial charge in [-0.15, -0.1) is 11.3 Å². The molecule has 3 aliphatic rings. The summed E-state index contributed by atoms with van der Waals surface area (Å²) < 4.78 is 3.82. The van der Waals surface area contributed by atoms with Crippen LogP contribution in [0.3, 0.4) is 0 Å². The molecule has 0 fully saturated rings. The average Bonchev–Trinajstić information content (AvgIpc) is 3.80. The van der Waals surface area contributed by atoms with Gasteiger partial charge in [0.25, 0.3) is 0 Å². The Morgan fingerprint density at radius 1 is 0.490 bits per heavy atom. The van der Waals surface area contributed by atoms with Crippen LogP contribution in [0.15, 0.2) is 126 Å². The van der Waals surface area contributed by atoms with Gasteiger partial charge in [0.1, 0.15) is 0 Å². The Balaban J connectivity index is 1.18. The number of fused-ring (bicyclic) bond motifs is 8. The quantitative estimate of drug-likeness (QED) is 0.171. The number of nitrogens with zero attached hydrogens (tertiary/aromatic N) is 1. The molecular formula is C48H34BrNS. The van der Waals surface area contributed by atoms with Crippen molar-refractivity contribution in [3.63, 3.8) is 0 Å². The Kier molecular flexibility index (Phi) is 5.88. The maximum atomic E-state index is 3.98. The van der Waals surface area contributed by atoms with Crippen molar-refractivity contribution in [3.05, 3.63) is 159 Å². The first kappa shape index (κ1) is 29.7. The molecule has 0 saturated carbocycles. The highest BCUT2D eigenvalue weighted by Crippen LogP contribution is 2.60. The Morgan fingerprint density at radius 3 is 1.98 bits per heavy atom. The Labute approximate surface area is 310 Å². The van der Waals surface area contributed by atoms with Crippen LogP contribution in [0.2, 0.25) is 0 Å². The molecular weight excluding hydrogens is 703 g/mol. The van der Waals surface area contributed by atoms with Crippen LogP contribution in [-0.4, -0.2) is 0 Å². The minimum atomic E-state index is -0.269. The fourth-order valence-corrected chi connectivity index (χ4v) is 11.4. The van der Waals surface area contributed by atoms with E-state index in [1.807, 2.05) is 11.3 Å². The molecule has 0 unspecified atom stereocenters. The number of halogens is 1. The van der Waals surface area contributed by atoms with E-state index in [9.17, 15) is 0 Å². The van der Waals surface area contributed by atoms with Gasteiger partial charge in [0.2, 0.25) is 0 Å². The van der Waals surface area contributed by atoms with Crippen molar-refractivity contribution in [1.29, 1.82) is 0 Å². The molecule has 1 nitrogen and oxygen atoms in total. The van der Waals surface area contributed by atoms with E-state index in [-0.39, 0.29) is 10.8 Å². The smallest absolute Gasteiger partial charge is 0.0517 e. The molecule has 0 amide bonds. The molecule has 1 aliphatic heterocycles. The standard InChI is InChI=1S/C48H34BrNS/c1-47(2)35-15-6-7-16-38(35)50(40-26-42-34(25-36(40)47)29-11-5-8-18-41(29)51-42)39-17-10-14-33-32-13-9-12-31(45(32)48(3,4)46(33)39)30-23-21-27-19-20-28-22-24-37(49)44(30)43(27)28/h5-26H,1-4H3. The van der Waals surface area contributed by atoms with Crippen molar-refractivity contribution in [2.45, 2.75) is 38.5 Å². The van der Waals surface area contributed by atoms with Gasteiger partial charge in [-0.05, 0) is 97.4 Å². The van der Waals surface area contributed by atoms with E-state index in [1.54, 1.807) is 0 Å². The van der Waals surface area contributed by atoms with Crippen LogP contribution in [0.1, 0.15) is 61.1 Å². The third kappa shape index (κ3) is 3.81. The number of hydrogen-bond donors (Lipinski definition) is 0. The van der Waals surface area contributed by atoms with Crippen LogP contribution in [0, 0.1) is 0 Å². The molecule has 0 bridgehead atoms. The van der Waals surface area contributed by atoms with Crippen LogP contribution >= 0.6 is 27.3 Å². The SMILES string of the molecule is CC1(C)c2ccccc2N(c2cccc3c2C(C)(C)c2c-3cccc2-c2ccc3c4c(ccc(Br)c24)C=C3)c2cc3sc4ccccc4c3cc21. The second kappa shape index (κ2) is 10.1. The molecule has 2 heterocycles. The third-order valence-corrected chi connectivity index (χ3v) is 13.8. The molecule has 11 rings (SSSR count). The highest BCUT2D eigenvalue weighted by molar-refractivity contribution is 9.10. The van der Waals surface area contributed by atoms with E-state index in [2.05, 4.69) is 182 Å². The van der Waals surface area contributed by atoms with Gasteiger partial charge in [-0.2, -0.15) is 0 Å². The zero-order chi connectivity index (χ0) is 34.4. The Morgan fingerprint density at radius 2 is 1.16 bits per heavy atom. The summed E-state index contributed by atoms with van der Waals surface area (Å²) in [7, 11) is 0. The molecule has 0 radical (unpaired) electrons. The maximum Gasteiger partial charge on any atom is 0.0517 e. The highest BCUT2D eigenvalue weighted by Gasteiger charge is 2.44. The predicted octanol–water partition coefficient (Wildman–Crippen LogP) is 14.5. The van der Waals surface area contributed by atoms with Gasteiger partial charge in [0.05, 0.1) is 17.1 Å². The summed E-state index contributed by atoms with van der Waals surface area (Å²) in [6, 6.07) is 45.9. The fraction of sp³-hybridized carbons (Fsp3) is 0.125. The van der Waals surface area contributed by atoms with Crippen LogP contribution in [-0.2, 0) is 10.8 Å². The van der Waals surface area contributed by atoms with Crippen molar-refractivity contribution in [1.82, 2.24) is 0 Å². The summed E-state index contributed by atoms with van der Waals surface area (Å²) in [5, 5.41) is 5.33. The van der Waals surface area contributed by atoms with Crippen LogP contribution < -0.4 is 4.90 Å². The lowest BCUT2D eigenvalue weighted by Gasteiger charge is -2.43. The molecule has 3 heteroatoms. The summed E-state index contributed by atoms with van der Waals surface area (Å²) in [6.45, 7) is 9.68. The second-order valence-corrected chi connectivity index (χ2v) is 17.4. The van der Waals surface area contributed by atoms with Gasteiger partial charge in [-0.3, -0.25) is 0 Å². The van der Waals surface area contributed by atoms with E-state index in [0.29, 0.717) is 0 Å². The van der Waals surface area contributed by atoms with Crippen molar-refractivity contribution in [2.24, 2.45) is 0 Å². The zero-order valence-corrected chi connectivity index (χ0v) is 31.3. The molecule has 51 heavy (non-hydrogen) atoms. The van der Waals surface area contributed by atoms with E-state index < -0.39 is 0 Å². The molecule has 1 aromatic heterocycles. The first-order valence-electron chi connectivity index (χ1n) is 17.8. The van der Waals surface area contributed by atoms with E-state index in [4.69, 9.17) is 0 Å². The van der Waals surface area contributed by atoms with Crippen molar-refractivity contribution in [2.75, 3.05) is 4.90 Å². The maximum absolute atomic E-state index is 3.98. The van der Waals surface area contributed by atoms with Crippen molar-refractivity contribution < 1.29 is 0 Å². The highest BCUT2D eigenvalue weighted by atomic mass is 79.9. The zero-order valence-electron chi connectivity index (χ0n) is 28.9. The molecule has 0 N–H and O–H groups in total. The lowest BCUT2D eigenvalue weighted by molar-refractivity contribution is 0.630. The van der Waals surface area contributed by atoms with E-state index in [0.717, 1.165) is 4.47 Å². The van der Waals surface area contributed by atoms with Gasteiger partial charge < -0.3 is 4.90 Å². The lowest BCUT2D eigenvalue weighted by atomic mass is 9.72. The van der Waals surface area contributed by atoms with Crippen LogP contribution in [0.25, 0.3) is 65.4 Å². The van der Waals surface area contributed by atoms with Crippen molar-refractivity contribution in [3.8, 4) is 22.3 Å². The normalized spacial score (nSPS) is 15.7. The van der Waals surface area contributed by atoms with Gasteiger partial charge in [0.15, 0.2) is 0 Å². The molecule has 0 saturated heterocycles. The topological polar surface area (TPSA) is 3.24 Å². The van der Waals surface area contributed by atoms with E-state index in [1.165, 1.54) is 104 Å². The summed E-state index contributed by atoms with van der Waals surface area (Å²) in [6.07, 6.45) is 4.50. The number of anilines is 3. The first-order chi connectivity index (χ1) is 24.7. The Hall–Kier alpha value is -4.96. The molecule has 7 aromatic carbocycles. The number of para-hydroxylation sites is 1. The van der Waals surface area contributed by atoms with Crippen LogP contribution in [0.4, 0.5) is 17.1 Å². The lowest BCUT2D eigenvalue weighted by Crippen LogP contribution is -2.31. The number of rotatable bonds is 2. The number of thiophene rings is 1. The summed E-state index contributed by atoms with van der Waals surface area (Å²) in [5.74, 6) is 0. The average molecular weight is 737 g/mol. The molecule has 0 atom stereocenters. The summed E-state index contributed by atoms with van der Waals surface area (Å²) in [4.78, 5) is 2.59. The fourth-order valence-electron chi connectivity index (χ4n) is 9.77. The second-order valence-electron chi connectivity index (χ2n) is 15.4. The minimum Gasteiger partial charge on any atom is -0.309 e. The Bertz CT molecular complexity index is 2870. The van der Waals surface area contributed by atoms with Crippen molar-refractivity contribution >= 4 is 87.4 Å². The summed E-state index contributed by atoms with van der Waals surface area (Å²) in [5.41, 5.74) is 16.7. The van der Waals surface area contributed by atoms with Gasteiger partial charge in [0, 0.05) is 40.9 Å². The van der Waals surface area contributed by atoms with E-state index >= 15 is 0 Å². The summed E-state index contributed by atoms with van der Waals surface area (Å²) >= 11 is 5.88. The monoisotopic (exact) mass is 735 g/mol. The first-order valence-corrected chi connectivity index (χ1v) is 19.4. The molecule has 0 spiro atoms. The molecule has 2 aliphatic carbocycles. The molecule has 244 valence electrons. The third-order valence-electron chi connectivity index (χ3n) is 12.0. The predicted molar refractivity (Wildman–Crippen MR) is 223 cm³/mol. The largest absolute Gasteiger partial charge is 0.309 e. The van der Waals surface area contributed by atoms with Gasteiger partial charge in [-0.25, -0.2) is 0 Å². The minimum absolute atomic E-state index is 0.165. The number of hydrogen-bond acceptors (Lipinski definition) is 2. The molecule has 8 aromatic rings. The van der Waals surface area contributed by atoms with Gasteiger partial charge >= 0.3 is 0 Å². The van der Waals surface area contributed by atoms with Gasteiger partial charge in [-0.1, -0.05) is 141 Å². The number of benzene rings is 7.